The van der Waals surface area contributed by atoms with E-state index in [0.29, 0.717) is 25.3 Å². The summed E-state index contributed by atoms with van der Waals surface area (Å²) in [7, 11) is 1.98. The second kappa shape index (κ2) is 20.9. The highest BCUT2D eigenvalue weighted by Crippen LogP contribution is 2.24. The molecule has 1 heterocycles. The maximum atomic E-state index is 14.3. The molecule has 4 rings (SSSR count). The summed E-state index contributed by atoms with van der Waals surface area (Å²) in [6, 6.07) is 20.2. The summed E-state index contributed by atoms with van der Waals surface area (Å²) in [5.41, 5.74) is 1.66. The number of aliphatic hydroxyl groups excluding tert-OH is 1. The number of fused-ring (bicyclic) bond motifs is 1. The van der Waals surface area contributed by atoms with Gasteiger partial charge in [0.05, 0.1) is 18.6 Å². The van der Waals surface area contributed by atoms with Gasteiger partial charge in [-0.15, -0.1) is 11.8 Å². The van der Waals surface area contributed by atoms with Crippen LogP contribution in [0.15, 0.2) is 72.8 Å². The summed E-state index contributed by atoms with van der Waals surface area (Å²) >= 11 is 1.75. The summed E-state index contributed by atoms with van der Waals surface area (Å²) in [6.07, 6.45) is -0.209. The van der Waals surface area contributed by atoms with Crippen LogP contribution in [0, 0.1) is 11.8 Å². The fourth-order valence-corrected chi connectivity index (χ4v) is 7.60. The molecule has 0 saturated carbocycles. The molecular formula is C41H57N5O6S. The van der Waals surface area contributed by atoms with E-state index in [1.807, 2.05) is 101 Å². The van der Waals surface area contributed by atoms with Crippen LogP contribution in [0.3, 0.4) is 0 Å². The molecule has 3 aromatic carbocycles. The van der Waals surface area contributed by atoms with E-state index in [4.69, 9.17) is 4.74 Å². The number of ether oxygens (including phenoxy) is 1. The van der Waals surface area contributed by atoms with Crippen LogP contribution >= 0.6 is 11.8 Å². The topological polar surface area (TPSA) is 149 Å². The number of carbonyl (C=O) groups is 4. The third kappa shape index (κ3) is 13.3. The zero-order chi connectivity index (χ0) is 38.3. The first kappa shape index (κ1) is 41.6. The highest BCUT2D eigenvalue weighted by atomic mass is 32.2. The molecule has 53 heavy (non-hydrogen) atoms. The maximum absolute atomic E-state index is 14.3. The van der Waals surface area contributed by atoms with Crippen LogP contribution in [-0.4, -0.2) is 89.3 Å². The van der Waals surface area contributed by atoms with Gasteiger partial charge in [0.2, 0.25) is 17.7 Å². The fourth-order valence-electron chi connectivity index (χ4n) is 6.34. The van der Waals surface area contributed by atoms with Crippen molar-refractivity contribution in [1.29, 1.82) is 0 Å². The van der Waals surface area contributed by atoms with Gasteiger partial charge in [0.1, 0.15) is 18.7 Å². The molecule has 1 aliphatic heterocycles. The lowest BCUT2D eigenvalue weighted by atomic mass is 9.95. The van der Waals surface area contributed by atoms with Crippen molar-refractivity contribution in [2.24, 2.45) is 11.8 Å². The molecule has 2 unspecified atom stereocenters. The van der Waals surface area contributed by atoms with Crippen LogP contribution in [0.2, 0.25) is 0 Å². The third-order valence-corrected chi connectivity index (χ3v) is 11.0. The number of hydrogen-bond donors (Lipinski definition) is 5. The van der Waals surface area contributed by atoms with E-state index < -0.39 is 42.1 Å². The molecule has 0 aliphatic carbocycles. The molecule has 1 fully saturated rings. The van der Waals surface area contributed by atoms with Gasteiger partial charge in [-0.3, -0.25) is 19.3 Å². The number of carbonyl (C=O) groups excluding carboxylic acids is 4. The van der Waals surface area contributed by atoms with Gasteiger partial charge in [-0.1, -0.05) is 107 Å². The first-order chi connectivity index (χ1) is 25.4. The molecule has 288 valence electrons. The van der Waals surface area contributed by atoms with E-state index in [1.54, 1.807) is 11.8 Å². The van der Waals surface area contributed by atoms with Crippen molar-refractivity contribution in [3.63, 3.8) is 0 Å². The fraction of sp³-hybridized carbons (Fsp3) is 0.512. The molecule has 0 spiro atoms. The smallest absolute Gasteiger partial charge is 0.408 e. The molecule has 1 aliphatic rings. The number of nitrogens with zero attached hydrogens (tertiary/aromatic N) is 1. The molecule has 12 heteroatoms. The Morgan fingerprint density at radius 3 is 2.30 bits per heavy atom. The minimum absolute atomic E-state index is 0.0103. The molecular weight excluding hydrogens is 691 g/mol. The standard InChI is InChI=1S/C41H57N5O6S/c1-6-28(4)23-42-38(48)22-37(47)34(19-27(2)3)43-40(50)36(21-32-25-53-26-46(32)5)44-39(49)35(45-41(51)52-24-29-13-8-7-9-14-29)20-31-17-12-16-30-15-10-11-18-33(30)31/h7-18,27-28,32,34-37,47H,6,19-26H2,1-5H3,(H,42,48)(H,43,50)(H,44,49)(H,45,51)/t28?,32?,34-,35-,36-,37-/m0/s1. The number of rotatable bonds is 19. The van der Waals surface area contributed by atoms with Crippen molar-refractivity contribution in [3.05, 3.63) is 83.9 Å². The van der Waals surface area contributed by atoms with Crippen LogP contribution in [0.5, 0.6) is 0 Å². The highest BCUT2D eigenvalue weighted by molar-refractivity contribution is 7.99. The minimum Gasteiger partial charge on any atom is -0.445 e. The highest BCUT2D eigenvalue weighted by Gasteiger charge is 2.34. The monoisotopic (exact) mass is 747 g/mol. The number of alkyl carbamates (subject to hydrolysis) is 1. The Bertz CT molecular complexity index is 1640. The Balaban J connectivity index is 1.55. The molecule has 0 bridgehead atoms. The summed E-state index contributed by atoms with van der Waals surface area (Å²) in [5.74, 6) is 0.733. The van der Waals surface area contributed by atoms with Crippen LogP contribution in [0.25, 0.3) is 10.8 Å². The lowest BCUT2D eigenvalue weighted by Gasteiger charge is -2.30. The van der Waals surface area contributed by atoms with Crippen LogP contribution in [0.4, 0.5) is 4.79 Å². The first-order valence-corrected chi connectivity index (χ1v) is 19.9. The second-order valence-corrected chi connectivity index (χ2v) is 15.6. The van der Waals surface area contributed by atoms with Crippen molar-refractivity contribution in [1.82, 2.24) is 26.2 Å². The predicted octanol–water partition coefficient (Wildman–Crippen LogP) is 5.00. The van der Waals surface area contributed by atoms with E-state index in [0.717, 1.165) is 39.9 Å². The van der Waals surface area contributed by atoms with Crippen molar-refractivity contribution in [2.45, 2.75) is 96.7 Å². The molecule has 4 amide bonds. The van der Waals surface area contributed by atoms with E-state index in [2.05, 4.69) is 33.1 Å². The van der Waals surface area contributed by atoms with Crippen LogP contribution < -0.4 is 21.3 Å². The largest absolute Gasteiger partial charge is 0.445 e. The number of nitrogens with one attached hydrogen (secondary N) is 4. The molecule has 11 nitrogen and oxygen atoms in total. The van der Waals surface area contributed by atoms with Gasteiger partial charge < -0.3 is 31.1 Å². The number of benzene rings is 3. The lowest BCUT2D eigenvalue weighted by Crippen LogP contribution is -2.58. The molecule has 6 atom stereocenters. The maximum Gasteiger partial charge on any atom is 0.408 e. The van der Waals surface area contributed by atoms with Gasteiger partial charge in [-0.2, -0.15) is 0 Å². The van der Waals surface area contributed by atoms with E-state index in [1.165, 1.54) is 0 Å². The molecule has 3 aromatic rings. The van der Waals surface area contributed by atoms with Gasteiger partial charge in [0, 0.05) is 30.6 Å². The zero-order valence-corrected chi connectivity index (χ0v) is 32.5. The summed E-state index contributed by atoms with van der Waals surface area (Å²) in [4.78, 5) is 56.5. The lowest BCUT2D eigenvalue weighted by molar-refractivity contribution is -0.131. The van der Waals surface area contributed by atoms with Crippen molar-refractivity contribution >= 4 is 46.3 Å². The minimum atomic E-state index is -1.13. The van der Waals surface area contributed by atoms with Crippen molar-refractivity contribution < 1.29 is 29.0 Å². The Labute approximate surface area is 318 Å². The van der Waals surface area contributed by atoms with Crippen LogP contribution in [-0.2, 0) is 32.1 Å². The molecule has 0 aromatic heterocycles. The van der Waals surface area contributed by atoms with E-state index >= 15 is 0 Å². The quantitative estimate of drug-likeness (QED) is 0.115. The predicted molar refractivity (Wildman–Crippen MR) is 211 cm³/mol. The van der Waals surface area contributed by atoms with Gasteiger partial charge in [-0.25, -0.2) is 4.79 Å². The number of thioether (sulfide) groups is 1. The average molecular weight is 748 g/mol. The van der Waals surface area contributed by atoms with E-state index in [-0.39, 0.29) is 37.3 Å². The van der Waals surface area contributed by atoms with Crippen molar-refractivity contribution in [2.75, 3.05) is 25.2 Å². The van der Waals surface area contributed by atoms with E-state index in [9.17, 15) is 24.3 Å². The van der Waals surface area contributed by atoms with Gasteiger partial charge >= 0.3 is 6.09 Å². The molecule has 5 N–H and O–H groups in total. The Kier molecular flexibility index (Phi) is 16.4. The molecule has 0 radical (unpaired) electrons. The average Bonchev–Trinajstić information content (AvgIpc) is 3.55. The second-order valence-electron chi connectivity index (χ2n) is 14.6. The summed E-state index contributed by atoms with van der Waals surface area (Å²) in [5, 5.41) is 24.8. The Morgan fingerprint density at radius 2 is 1.60 bits per heavy atom. The third-order valence-electron chi connectivity index (χ3n) is 9.75. The first-order valence-electron chi connectivity index (χ1n) is 18.7. The SMILES string of the molecule is CCC(C)CNC(=O)C[C@H](O)[C@H](CC(C)C)NC(=O)[C@H](CC1CSCN1C)NC(=O)[C@H](Cc1cccc2ccccc12)NC(=O)OCc1ccccc1. The van der Waals surface area contributed by atoms with Gasteiger partial charge in [0.15, 0.2) is 0 Å². The number of hydrogen-bond acceptors (Lipinski definition) is 8. The van der Waals surface area contributed by atoms with Gasteiger partial charge in [0.25, 0.3) is 0 Å². The Hall–Kier alpha value is -4.13. The summed E-state index contributed by atoms with van der Waals surface area (Å²) in [6.45, 7) is 8.61. The number of aliphatic hydroxyl groups is 1. The normalized spacial score (nSPS) is 17.4. The van der Waals surface area contributed by atoms with Gasteiger partial charge in [-0.05, 0) is 53.6 Å². The van der Waals surface area contributed by atoms with Crippen molar-refractivity contribution in [3.8, 4) is 0 Å². The number of amides is 4. The summed E-state index contributed by atoms with van der Waals surface area (Å²) < 4.78 is 5.51. The van der Waals surface area contributed by atoms with Crippen LogP contribution in [0.1, 0.15) is 64.5 Å². The zero-order valence-electron chi connectivity index (χ0n) is 31.7. The molecule has 1 saturated heterocycles. The Morgan fingerprint density at radius 1 is 0.906 bits per heavy atom.